The summed E-state index contributed by atoms with van der Waals surface area (Å²) in [5, 5.41) is 0. The average molecular weight is 487 g/mol. The molecule has 5 rings (SSSR count). The average Bonchev–Trinajstić information content (AvgIpc) is 2.90. The lowest BCUT2D eigenvalue weighted by molar-refractivity contribution is -0.0146. The number of aryl methyl sites for hydroxylation is 2. The van der Waals surface area contributed by atoms with Crippen molar-refractivity contribution in [1.82, 2.24) is 9.88 Å². The van der Waals surface area contributed by atoms with Crippen LogP contribution < -0.4 is 4.74 Å². The minimum absolute atomic E-state index is 0.0487. The van der Waals surface area contributed by atoms with Crippen LogP contribution in [0.25, 0.3) is 11.3 Å². The minimum Gasteiger partial charge on any atom is -0.487 e. The van der Waals surface area contributed by atoms with Crippen LogP contribution in [0, 0.1) is 6.92 Å². The second-order valence-corrected chi connectivity index (χ2v) is 11.3. The van der Waals surface area contributed by atoms with Gasteiger partial charge in [0, 0.05) is 36.4 Å². The quantitative estimate of drug-likeness (QED) is 0.330. The van der Waals surface area contributed by atoms with Crippen molar-refractivity contribution in [3.05, 3.63) is 83.0 Å². The maximum absolute atomic E-state index is 6.66. The summed E-state index contributed by atoms with van der Waals surface area (Å²) in [6.07, 6.45) is 9.17. The number of likely N-dealkylation sites (tertiary alicyclic amines) is 1. The van der Waals surface area contributed by atoms with E-state index in [0.29, 0.717) is 0 Å². The number of fused-ring (bicyclic) bond motifs is 1. The maximum atomic E-state index is 6.66. The second-order valence-electron chi connectivity index (χ2n) is 10.3. The van der Waals surface area contributed by atoms with Gasteiger partial charge in [-0.15, -0.1) is 0 Å². The second kappa shape index (κ2) is 11.2. The number of nitrogens with zero attached hydrogens (tertiary/aromatic N) is 2. The van der Waals surface area contributed by atoms with Crippen molar-refractivity contribution < 1.29 is 4.74 Å². The third-order valence-corrected chi connectivity index (χ3v) is 8.79. The lowest BCUT2D eigenvalue weighted by Gasteiger charge is -2.44. The van der Waals surface area contributed by atoms with Crippen LogP contribution in [-0.4, -0.2) is 35.1 Å². The fourth-order valence-electron chi connectivity index (χ4n) is 5.33. The number of unbranched alkanes of at least 4 members (excludes halogenated alkanes) is 1. The monoisotopic (exact) mass is 486 g/mol. The topological polar surface area (TPSA) is 25.4 Å². The van der Waals surface area contributed by atoms with Gasteiger partial charge in [0.2, 0.25) is 0 Å². The molecule has 3 nitrogen and oxygen atoms in total. The van der Waals surface area contributed by atoms with Crippen molar-refractivity contribution in [2.75, 3.05) is 19.6 Å². The molecule has 35 heavy (non-hydrogen) atoms. The number of ether oxygens (including phenoxy) is 1. The molecule has 3 heterocycles. The van der Waals surface area contributed by atoms with E-state index in [9.17, 15) is 0 Å². The Morgan fingerprint density at radius 2 is 1.86 bits per heavy atom. The van der Waals surface area contributed by atoms with E-state index < -0.39 is 0 Å². The summed E-state index contributed by atoms with van der Waals surface area (Å²) in [6.45, 7) is 8.05. The van der Waals surface area contributed by atoms with E-state index in [0.717, 1.165) is 48.6 Å². The number of benzene rings is 2. The van der Waals surface area contributed by atoms with Crippen LogP contribution >= 0.6 is 11.8 Å². The van der Waals surface area contributed by atoms with E-state index in [2.05, 4.69) is 73.3 Å². The van der Waals surface area contributed by atoms with E-state index in [4.69, 9.17) is 9.72 Å². The molecule has 1 aromatic heterocycles. The van der Waals surface area contributed by atoms with E-state index in [1.807, 2.05) is 18.0 Å². The van der Waals surface area contributed by atoms with Crippen molar-refractivity contribution in [1.29, 1.82) is 0 Å². The molecule has 0 radical (unpaired) electrons. The van der Waals surface area contributed by atoms with Crippen LogP contribution in [0.1, 0.15) is 61.3 Å². The number of thioether (sulfide) groups is 1. The number of piperidine rings is 1. The Balaban J connectivity index is 1.17. The Hall–Kier alpha value is -2.30. The van der Waals surface area contributed by atoms with E-state index in [1.54, 1.807) is 0 Å². The molecule has 1 spiro atoms. The van der Waals surface area contributed by atoms with Crippen molar-refractivity contribution in [2.45, 2.75) is 69.5 Å². The molecule has 1 saturated heterocycles. The van der Waals surface area contributed by atoms with Gasteiger partial charge in [-0.2, -0.15) is 11.8 Å². The molecule has 2 aromatic carbocycles. The molecule has 0 unspecified atom stereocenters. The fraction of sp³-hybridized carbons (Fsp3) is 0.452. The first-order valence-electron chi connectivity index (χ1n) is 13.3. The molecule has 0 saturated carbocycles. The molecular weight excluding hydrogens is 448 g/mol. The number of hydrogen-bond donors (Lipinski definition) is 0. The summed E-state index contributed by atoms with van der Waals surface area (Å²) in [5.74, 6) is 3.11. The fourth-order valence-corrected chi connectivity index (χ4v) is 6.38. The van der Waals surface area contributed by atoms with Crippen LogP contribution in [-0.2, 0) is 17.9 Å². The highest BCUT2D eigenvalue weighted by molar-refractivity contribution is 7.97. The smallest absolute Gasteiger partial charge is 0.123 e. The lowest BCUT2D eigenvalue weighted by Crippen LogP contribution is -2.49. The van der Waals surface area contributed by atoms with Gasteiger partial charge in [-0.3, -0.25) is 4.98 Å². The summed E-state index contributed by atoms with van der Waals surface area (Å²) >= 11 is 1.95. The van der Waals surface area contributed by atoms with Gasteiger partial charge in [0.05, 0.1) is 5.69 Å². The molecule has 0 N–H and O–H groups in total. The van der Waals surface area contributed by atoms with Gasteiger partial charge in [0.1, 0.15) is 11.4 Å². The lowest BCUT2D eigenvalue weighted by atomic mass is 9.82. The maximum Gasteiger partial charge on any atom is 0.123 e. The van der Waals surface area contributed by atoms with Crippen LogP contribution in [0.3, 0.4) is 0 Å². The number of pyridine rings is 1. The predicted molar refractivity (Wildman–Crippen MR) is 148 cm³/mol. The first-order chi connectivity index (χ1) is 17.1. The van der Waals surface area contributed by atoms with E-state index >= 15 is 0 Å². The highest BCUT2D eigenvalue weighted by Crippen LogP contribution is 2.40. The summed E-state index contributed by atoms with van der Waals surface area (Å²) in [4.78, 5) is 7.42. The molecule has 3 aromatic rings. The van der Waals surface area contributed by atoms with Gasteiger partial charge in [0.15, 0.2) is 0 Å². The number of aromatic nitrogens is 1. The van der Waals surface area contributed by atoms with Crippen molar-refractivity contribution >= 4 is 11.8 Å². The van der Waals surface area contributed by atoms with Crippen LogP contribution in [0.5, 0.6) is 5.75 Å². The van der Waals surface area contributed by atoms with Gasteiger partial charge in [-0.05, 0) is 92.1 Å². The Labute approximate surface area is 215 Å². The van der Waals surface area contributed by atoms with E-state index in [-0.39, 0.29) is 5.60 Å². The molecule has 0 aliphatic carbocycles. The summed E-state index contributed by atoms with van der Waals surface area (Å²) in [6, 6.07) is 19.7. The zero-order chi connectivity index (χ0) is 24.1. The van der Waals surface area contributed by atoms with E-state index in [1.165, 1.54) is 60.3 Å². The summed E-state index contributed by atoms with van der Waals surface area (Å²) in [7, 11) is 0. The minimum atomic E-state index is 0.0487. The molecule has 2 aliphatic rings. The van der Waals surface area contributed by atoms with Crippen LogP contribution in [0.2, 0.25) is 0 Å². The Bertz CT molecular complexity index is 1120. The molecular formula is C31H38N2OS. The largest absolute Gasteiger partial charge is 0.487 e. The highest BCUT2D eigenvalue weighted by atomic mass is 32.2. The predicted octanol–water partition coefficient (Wildman–Crippen LogP) is 7.45. The van der Waals surface area contributed by atoms with Gasteiger partial charge in [-0.1, -0.05) is 43.7 Å². The van der Waals surface area contributed by atoms with Crippen LogP contribution in [0.4, 0.5) is 0 Å². The molecule has 0 atom stereocenters. The van der Waals surface area contributed by atoms with Crippen LogP contribution in [0.15, 0.2) is 60.8 Å². The molecule has 0 amide bonds. The SMILES string of the molecule is CCCCN1CCC2(CCc3cc(-c4ccc(CSCc5ccccc5C)cn4)ccc3O2)CC1. The molecule has 0 bridgehead atoms. The van der Waals surface area contributed by atoms with Crippen molar-refractivity contribution in [2.24, 2.45) is 0 Å². The zero-order valence-corrected chi connectivity index (χ0v) is 22.1. The third kappa shape index (κ3) is 5.92. The molecule has 2 aliphatic heterocycles. The van der Waals surface area contributed by atoms with Gasteiger partial charge >= 0.3 is 0 Å². The van der Waals surface area contributed by atoms with Gasteiger partial charge in [-0.25, -0.2) is 0 Å². The third-order valence-electron chi connectivity index (χ3n) is 7.74. The summed E-state index contributed by atoms with van der Waals surface area (Å²) < 4.78 is 6.66. The first-order valence-corrected chi connectivity index (χ1v) is 14.4. The molecule has 4 heteroatoms. The molecule has 1 fully saturated rings. The van der Waals surface area contributed by atoms with Gasteiger partial charge in [0.25, 0.3) is 0 Å². The van der Waals surface area contributed by atoms with Gasteiger partial charge < -0.3 is 9.64 Å². The standard InChI is InChI=1S/C31H38N2OS/c1-3-4-17-33-18-15-31(16-19-33)14-13-27-20-26(10-12-30(27)34-31)29-11-9-25(21-32-29)22-35-23-28-8-6-5-7-24(28)2/h5-12,20-21H,3-4,13-19,22-23H2,1-2H3. The first kappa shape index (κ1) is 24.4. The van der Waals surface area contributed by atoms with Crippen molar-refractivity contribution in [3.63, 3.8) is 0 Å². The number of hydrogen-bond acceptors (Lipinski definition) is 4. The number of rotatable bonds is 8. The van der Waals surface area contributed by atoms with Crippen molar-refractivity contribution in [3.8, 4) is 17.0 Å². The Morgan fingerprint density at radius 3 is 2.63 bits per heavy atom. The molecule has 184 valence electrons. The summed E-state index contributed by atoms with van der Waals surface area (Å²) in [5.41, 5.74) is 7.69. The highest BCUT2D eigenvalue weighted by Gasteiger charge is 2.39. The normalized spacial score (nSPS) is 17.2. The zero-order valence-electron chi connectivity index (χ0n) is 21.3. The Kier molecular flexibility index (Phi) is 7.79. The Morgan fingerprint density at radius 1 is 1.00 bits per heavy atom.